The van der Waals surface area contributed by atoms with Gasteiger partial charge < -0.3 is 20.1 Å². The van der Waals surface area contributed by atoms with Gasteiger partial charge in [0.05, 0.1) is 17.4 Å². The number of nitrogens with zero attached hydrogens (tertiary/aromatic N) is 2. The first-order valence-electron chi connectivity index (χ1n) is 14.2. The number of hydrogen-bond acceptors (Lipinski definition) is 8. The SMILES string of the molecule is CC(C)(C)CC(C)(C)NC(=O)c1sccc1Nc1nc(Cc2ccc(C(=O)OCc3ccccc3)cc2OC(F)F)ncc1Cl. The summed E-state index contributed by atoms with van der Waals surface area (Å²) in [6.45, 7) is 7.22. The van der Waals surface area contributed by atoms with Gasteiger partial charge in [-0.05, 0) is 54.8 Å². The Hall–Kier alpha value is -4.09. The molecule has 1 amide bonds. The van der Waals surface area contributed by atoms with Crippen molar-refractivity contribution >= 4 is 46.3 Å². The monoisotopic (exact) mass is 656 g/mol. The molecule has 12 heteroatoms. The number of esters is 1. The van der Waals surface area contributed by atoms with Gasteiger partial charge >= 0.3 is 12.6 Å². The molecule has 2 aromatic heterocycles. The highest BCUT2D eigenvalue weighted by Gasteiger charge is 2.29. The van der Waals surface area contributed by atoms with Gasteiger partial charge in [0.15, 0.2) is 5.82 Å². The van der Waals surface area contributed by atoms with Crippen molar-refractivity contribution in [2.75, 3.05) is 5.32 Å². The third-order valence-corrected chi connectivity index (χ3v) is 7.61. The normalized spacial score (nSPS) is 11.8. The highest BCUT2D eigenvalue weighted by Crippen LogP contribution is 2.32. The standard InChI is InChI=1S/C33H35ClF2N4O4S/c1-32(2,3)19-33(4,5)40-29(41)27-24(13-14-45-27)38-28-23(34)17-37-26(39-28)16-21-11-12-22(15-25(21)44-31(35)36)30(42)43-18-20-9-7-6-8-10-20/h6-15,17,31H,16,18-19H2,1-5H3,(H,40,41)(H,37,38,39). The van der Waals surface area contributed by atoms with Gasteiger partial charge in [0.2, 0.25) is 0 Å². The fourth-order valence-electron chi connectivity index (χ4n) is 5.03. The van der Waals surface area contributed by atoms with Gasteiger partial charge in [-0.1, -0.05) is 68.8 Å². The molecule has 0 radical (unpaired) electrons. The van der Waals surface area contributed by atoms with Crippen molar-refractivity contribution in [2.24, 2.45) is 5.41 Å². The second-order valence-corrected chi connectivity index (χ2v) is 13.6. The lowest BCUT2D eigenvalue weighted by molar-refractivity contribution is -0.0505. The maximum absolute atomic E-state index is 13.3. The Bertz CT molecular complexity index is 1640. The van der Waals surface area contributed by atoms with Crippen molar-refractivity contribution < 1.29 is 27.8 Å². The van der Waals surface area contributed by atoms with Crippen LogP contribution in [-0.2, 0) is 17.8 Å². The molecule has 0 bridgehead atoms. The number of carbonyl (C=O) groups is 2. The molecule has 8 nitrogen and oxygen atoms in total. The van der Waals surface area contributed by atoms with Crippen LogP contribution < -0.4 is 15.4 Å². The molecule has 0 spiro atoms. The summed E-state index contributed by atoms with van der Waals surface area (Å²) in [7, 11) is 0. The third kappa shape index (κ3) is 9.95. The van der Waals surface area contributed by atoms with Gasteiger partial charge in [0, 0.05) is 17.5 Å². The van der Waals surface area contributed by atoms with E-state index in [4.69, 9.17) is 21.1 Å². The highest BCUT2D eigenvalue weighted by atomic mass is 35.5. The molecule has 0 saturated carbocycles. The quantitative estimate of drug-likeness (QED) is 0.148. The van der Waals surface area contributed by atoms with E-state index in [1.54, 1.807) is 23.6 Å². The van der Waals surface area contributed by atoms with E-state index in [1.807, 2.05) is 32.0 Å². The number of ether oxygens (including phenoxy) is 2. The van der Waals surface area contributed by atoms with Crippen LogP contribution >= 0.6 is 22.9 Å². The Morgan fingerprint density at radius 3 is 2.47 bits per heavy atom. The number of halogens is 3. The van der Waals surface area contributed by atoms with Crippen LogP contribution in [0.2, 0.25) is 5.02 Å². The van der Waals surface area contributed by atoms with Crippen molar-refractivity contribution in [2.45, 2.75) is 66.2 Å². The molecule has 238 valence electrons. The molecule has 4 aromatic rings. The first-order valence-corrected chi connectivity index (χ1v) is 15.4. The summed E-state index contributed by atoms with van der Waals surface area (Å²) in [5, 5.41) is 8.20. The second kappa shape index (κ2) is 14.3. The summed E-state index contributed by atoms with van der Waals surface area (Å²) in [5.74, 6) is -0.644. The topological polar surface area (TPSA) is 102 Å². The lowest BCUT2D eigenvalue weighted by atomic mass is 9.82. The molecule has 0 aliphatic heterocycles. The van der Waals surface area contributed by atoms with E-state index in [2.05, 4.69) is 41.4 Å². The first kappa shape index (κ1) is 33.8. The summed E-state index contributed by atoms with van der Waals surface area (Å²) in [6, 6.07) is 15.0. The van der Waals surface area contributed by atoms with Crippen molar-refractivity contribution in [1.82, 2.24) is 15.3 Å². The molecule has 0 aliphatic carbocycles. The molecular formula is C33H35ClF2N4O4S. The van der Waals surface area contributed by atoms with E-state index < -0.39 is 18.1 Å². The fourth-order valence-corrected chi connectivity index (χ4v) is 5.91. The lowest BCUT2D eigenvalue weighted by Gasteiger charge is -2.33. The summed E-state index contributed by atoms with van der Waals surface area (Å²) in [4.78, 5) is 35.0. The summed E-state index contributed by atoms with van der Waals surface area (Å²) < 4.78 is 36.7. The first-order chi connectivity index (χ1) is 21.2. The number of thiophene rings is 1. The van der Waals surface area contributed by atoms with Crippen molar-refractivity contribution in [3.8, 4) is 5.75 Å². The maximum Gasteiger partial charge on any atom is 0.387 e. The molecule has 2 aromatic carbocycles. The number of aromatic nitrogens is 2. The van der Waals surface area contributed by atoms with Crippen LogP contribution in [0.4, 0.5) is 20.3 Å². The van der Waals surface area contributed by atoms with Crippen LogP contribution in [0.1, 0.15) is 78.0 Å². The van der Waals surface area contributed by atoms with E-state index in [-0.39, 0.29) is 52.3 Å². The van der Waals surface area contributed by atoms with Crippen LogP contribution in [0, 0.1) is 5.41 Å². The molecule has 0 unspecified atom stereocenters. The smallest absolute Gasteiger partial charge is 0.387 e. The second-order valence-electron chi connectivity index (χ2n) is 12.3. The molecule has 0 fully saturated rings. The summed E-state index contributed by atoms with van der Waals surface area (Å²) in [6.07, 6.45) is 2.15. The molecular weight excluding hydrogens is 622 g/mol. The Morgan fingerprint density at radius 2 is 1.78 bits per heavy atom. The minimum absolute atomic E-state index is 0.00871. The minimum Gasteiger partial charge on any atom is -0.457 e. The summed E-state index contributed by atoms with van der Waals surface area (Å²) >= 11 is 7.67. The molecule has 0 aliphatic rings. The molecule has 2 heterocycles. The van der Waals surface area contributed by atoms with Crippen LogP contribution in [0.25, 0.3) is 0 Å². The average Bonchev–Trinajstić information content (AvgIpc) is 3.41. The van der Waals surface area contributed by atoms with Crippen LogP contribution in [-0.4, -0.2) is 34.0 Å². The maximum atomic E-state index is 13.3. The van der Waals surface area contributed by atoms with Crippen LogP contribution in [0.5, 0.6) is 5.75 Å². The van der Waals surface area contributed by atoms with E-state index >= 15 is 0 Å². The number of carbonyl (C=O) groups excluding carboxylic acids is 2. The van der Waals surface area contributed by atoms with Crippen LogP contribution in [0.3, 0.4) is 0 Å². The van der Waals surface area contributed by atoms with Gasteiger partial charge in [0.25, 0.3) is 5.91 Å². The number of anilines is 2. The van der Waals surface area contributed by atoms with E-state index in [1.165, 1.54) is 35.7 Å². The molecule has 4 rings (SSSR count). The molecule has 45 heavy (non-hydrogen) atoms. The average molecular weight is 657 g/mol. The number of amides is 1. The van der Waals surface area contributed by atoms with Crippen molar-refractivity contribution in [3.05, 3.63) is 98.6 Å². The molecule has 0 saturated heterocycles. The number of benzene rings is 2. The van der Waals surface area contributed by atoms with Crippen LogP contribution in [0.15, 0.2) is 66.2 Å². The third-order valence-electron chi connectivity index (χ3n) is 6.42. The Morgan fingerprint density at radius 1 is 1.04 bits per heavy atom. The predicted octanol–water partition coefficient (Wildman–Crippen LogP) is 8.43. The highest BCUT2D eigenvalue weighted by molar-refractivity contribution is 7.12. The Kier molecular flexibility index (Phi) is 10.8. The largest absolute Gasteiger partial charge is 0.457 e. The van der Waals surface area contributed by atoms with Gasteiger partial charge in [-0.3, -0.25) is 4.79 Å². The zero-order valence-corrected chi connectivity index (χ0v) is 27.2. The zero-order chi connectivity index (χ0) is 32.8. The van der Waals surface area contributed by atoms with E-state index in [0.29, 0.717) is 16.1 Å². The van der Waals surface area contributed by atoms with Gasteiger partial charge in [-0.25, -0.2) is 14.8 Å². The van der Waals surface area contributed by atoms with Gasteiger partial charge in [-0.15, -0.1) is 11.3 Å². The van der Waals surface area contributed by atoms with E-state index in [9.17, 15) is 18.4 Å². The van der Waals surface area contributed by atoms with Crippen molar-refractivity contribution in [1.29, 1.82) is 0 Å². The van der Waals surface area contributed by atoms with E-state index in [0.717, 1.165) is 12.0 Å². The summed E-state index contributed by atoms with van der Waals surface area (Å²) in [5.41, 5.74) is 1.25. The lowest BCUT2D eigenvalue weighted by Crippen LogP contribution is -2.45. The van der Waals surface area contributed by atoms with Gasteiger partial charge in [0.1, 0.15) is 28.1 Å². The Balaban J connectivity index is 1.51. The number of hydrogen-bond donors (Lipinski definition) is 2. The predicted molar refractivity (Wildman–Crippen MR) is 172 cm³/mol. The Labute approximate surface area is 270 Å². The number of alkyl halides is 2. The van der Waals surface area contributed by atoms with Gasteiger partial charge in [-0.2, -0.15) is 8.78 Å². The minimum atomic E-state index is -3.13. The number of nitrogens with one attached hydrogen (secondary N) is 2. The van der Waals surface area contributed by atoms with Crippen molar-refractivity contribution in [3.63, 3.8) is 0 Å². The fraction of sp³-hybridized carbons (Fsp3) is 0.333. The number of rotatable bonds is 12. The zero-order valence-electron chi connectivity index (χ0n) is 25.6. The molecule has 0 atom stereocenters. The molecule has 2 N–H and O–H groups in total.